The van der Waals surface area contributed by atoms with Crippen molar-refractivity contribution in [2.75, 3.05) is 46.9 Å². The molecule has 0 unspecified atom stereocenters. The lowest BCUT2D eigenvalue weighted by molar-refractivity contribution is -0.138. The first-order valence-corrected chi connectivity index (χ1v) is 13.6. The third-order valence-electron chi connectivity index (χ3n) is 6.77. The number of likely N-dealkylation sites (tertiary alicyclic amines) is 1. The number of benzene rings is 2. The number of carbonyl (C=O) groups excluding carboxylic acids is 2. The second kappa shape index (κ2) is 14.7. The van der Waals surface area contributed by atoms with Crippen LogP contribution in [0.4, 0.5) is 4.39 Å². The Morgan fingerprint density at radius 2 is 1.74 bits per heavy atom. The normalized spacial score (nSPS) is 16.8. The smallest absolute Gasteiger partial charge is 0.493 e. The molecule has 13 heteroatoms. The molecule has 11 nitrogen and oxygen atoms in total. The number of fused-ring (bicyclic) bond motifs is 1. The summed E-state index contributed by atoms with van der Waals surface area (Å²) in [6, 6.07) is 9.50. The van der Waals surface area contributed by atoms with Gasteiger partial charge >= 0.3 is 7.91 Å². The van der Waals surface area contributed by atoms with Crippen molar-refractivity contribution in [3.8, 4) is 11.5 Å². The Bertz CT molecular complexity index is 1210. The van der Waals surface area contributed by atoms with E-state index in [1.807, 2.05) is 17.0 Å². The fraction of sp³-hybridized carbons (Fsp3) is 0.462. The molecular formula is C26H34FN3O8P. The van der Waals surface area contributed by atoms with E-state index in [1.165, 1.54) is 29.8 Å². The van der Waals surface area contributed by atoms with Crippen molar-refractivity contribution in [2.24, 2.45) is 5.92 Å². The van der Waals surface area contributed by atoms with Gasteiger partial charge in [-0.3, -0.25) is 9.59 Å². The van der Waals surface area contributed by atoms with E-state index in [1.54, 1.807) is 14.2 Å². The van der Waals surface area contributed by atoms with Crippen LogP contribution in [0.25, 0.3) is 0 Å². The molecule has 2 N–H and O–H groups in total. The standard InChI is InChI=1S/C26H32FN3O4.HO4P.H/c1-33-23-14-19-9-12-30(17-21(19)15-24(23)34-2)26(32)20-4-3-11-29(16-20)13-10-28-25(31)18-5-7-22(27)8-6-18;1-4-5(2)3;/h5-8,14-15,20H,3-4,9-13,16-17H2,1-2H3,(H,28,31);1H;/t20-;;/m0../s1. The van der Waals surface area contributed by atoms with Crippen molar-refractivity contribution in [2.45, 2.75) is 25.8 Å². The van der Waals surface area contributed by atoms with Crippen molar-refractivity contribution < 1.29 is 43.9 Å². The maximum atomic E-state index is 13.3. The van der Waals surface area contributed by atoms with Gasteiger partial charge in [-0.05, 0) is 73.3 Å². The highest BCUT2D eigenvalue weighted by Gasteiger charge is 2.31. The van der Waals surface area contributed by atoms with E-state index < -0.39 is 7.91 Å². The monoisotopic (exact) mass is 566 g/mol. The Morgan fingerprint density at radius 3 is 2.36 bits per heavy atom. The van der Waals surface area contributed by atoms with Crippen molar-refractivity contribution in [1.29, 1.82) is 0 Å². The fourth-order valence-electron chi connectivity index (χ4n) is 4.82. The molecule has 2 aromatic rings. The summed E-state index contributed by atoms with van der Waals surface area (Å²) in [4.78, 5) is 29.8. The molecule has 213 valence electrons. The molecule has 2 aliphatic heterocycles. The van der Waals surface area contributed by atoms with Gasteiger partial charge in [-0.2, -0.15) is 0 Å². The first-order valence-electron chi connectivity index (χ1n) is 12.5. The molecule has 1 fully saturated rings. The van der Waals surface area contributed by atoms with Gasteiger partial charge in [-0.1, -0.05) is 0 Å². The molecule has 2 amide bonds. The summed E-state index contributed by atoms with van der Waals surface area (Å²) < 4.78 is 44.5. The van der Waals surface area contributed by atoms with Crippen molar-refractivity contribution in [1.82, 2.24) is 15.1 Å². The Morgan fingerprint density at radius 1 is 1.10 bits per heavy atom. The van der Waals surface area contributed by atoms with Gasteiger partial charge in [0, 0.05) is 39.7 Å². The number of nitrogens with zero attached hydrogens (tertiary/aromatic N) is 2. The Hall–Kier alpha value is -3.31. The highest BCUT2D eigenvalue weighted by Crippen LogP contribution is 2.34. The number of halogens is 1. The van der Waals surface area contributed by atoms with Crippen LogP contribution in [0, 0.1) is 11.7 Å². The summed E-state index contributed by atoms with van der Waals surface area (Å²) in [6.45, 7) is 4.05. The van der Waals surface area contributed by atoms with Crippen LogP contribution in [-0.2, 0) is 31.6 Å². The molecule has 0 spiro atoms. The van der Waals surface area contributed by atoms with Gasteiger partial charge in [0.1, 0.15) is 5.82 Å². The second-order valence-corrected chi connectivity index (χ2v) is 9.80. The number of hydrogen-bond acceptors (Lipinski definition) is 9. The SMILES string of the molecule is COc1cc2c(cc1OC)CN(C(=O)[C@H]1CCCN(CCNC(=O)c3ccc(F)cc3)C1)CC2.O=P(=O)OO.[H]. The lowest BCUT2D eigenvalue weighted by Crippen LogP contribution is -2.47. The van der Waals surface area contributed by atoms with Crippen molar-refractivity contribution in [3.05, 3.63) is 58.9 Å². The maximum absolute atomic E-state index is 13.3. The topological polar surface area (TPSA) is 135 Å². The van der Waals surface area contributed by atoms with E-state index in [2.05, 4.69) is 14.9 Å². The molecule has 2 aliphatic rings. The van der Waals surface area contributed by atoms with E-state index in [9.17, 15) is 14.0 Å². The zero-order chi connectivity index (χ0) is 28.4. The zero-order valence-electron chi connectivity index (χ0n) is 22.9. The summed E-state index contributed by atoms with van der Waals surface area (Å²) in [5.41, 5.74) is 2.74. The van der Waals surface area contributed by atoms with E-state index in [-0.39, 0.29) is 25.0 Å². The largest absolute Gasteiger partial charge is 0.496 e. The van der Waals surface area contributed by atoms with Crippen LogP contribution in [-0.4, -0.2) is 73.8 Å². The minimum absolute atomic E-state index is 0. The van der Waals surface area contributed by atoms with E-state index in [0.717, 1.165) is 37.1 Å². The van der Waals surface area contributed by atoms with E-state index >= 15 is 0 Å². The molecular weight excluding hydrogens is 532 g/mol. The fourth-order valence-corrected chi connectivity index (χ4v) is 4.82. The van der Waals surface area contributed by atoms with Crippen LogP contribution in [0.3, 0.4) is 0 Å². The molecule has 1 radical (unpaired) electrons. The molecule has 0 aromatic heterocycles. The Labute approximate surface area is 228 Å². The summed E-state index contributed by atoms with van der Waals surface area (Å²) in [5.74, 6) is 0.974. The number of piperidine rings is 1. The molecule has 0 saturated carbocycles. The van der Waals surface area contributed by atoms with Crippen molar-refractivity contribution >= 4 is 19.7 Å². The number of rotatable bonds is 8. The predicted molar refractivity (Wildman–Crippen MR) is 140 cm³/mol. The number of nitrogens with one attached hydrogen (secondary N) is 1. The highest BCUT2D eigenvalue weighted by atomic mass is 31.1. The zero-order valence-corrected chi connectivity index (χ0v) is 22.8. The lowest BCUT2D eigenvalue weighted by Gasteiger charge is -2.37. The first kappa shape index (κ1) is 30.2. The molecule has 1 saturated heterocycles. The minimum Gasteiger partial charge on any atom is -0.493 e. The summed E-state index contributed by atoms with van der Waals surface area (Å²) >= 11 is 0. The average Bonchev–Trinajstić information content (AvgIpc) is 2.96. The van der Waals surface area contributed by atoms with E-state index in [0.29, 0.717) is 44.0 Å². The van der Waals surface area contributed by atoms with Gasteiger partial charge in [-0.15, -0.1) is 4.67 Å². The Kier molecular flexibility index (Phi) is 11.4. The molecule has 2 heterocycles. The van der Waals surface area contributed by atoms with Crippen LogP contribution in [0.5, 0.6) is 11.5 Å². The number of ether oxygens (including phenoxy) is 2. The van der Waals surface area contributed by atoms with Gasteiger partial charge in [0.15, 0.2) is 11.5 Å². The quantitative estimate of drug-likeness (QED) is 0.279. The summed E-state index contributed by atoms with van der Waals surface area (Å²) in [7, 11) is 0.208. The average molecular weight is 567 g/mol. The minimum atomic E-state index is -3.04. The highest BCUT2D eigenvalue weighted by molar-refractivity contribution is 7.24. The van der Waals surface area contributed by atoms with Crippen LogP contribution in [0.2, 0.25) is 0 Å². The molecule has 2 aromatic carbocycles. The number of carbonyl (C=O) groups is 2. The van der Waals surface area contributed by atoms with Gasteiger partial charge in [0.2, 0.25) is 5.91 Å². The number of methoxy groups -OCH3 is 2. The van der Waals surface area contributed by atoms with E-state index in [4.69, 9.17) is 23.9 Å². The van der Waals surface area contributed by atoms with Gasteiger partial charge in [0.05, 0.1) is 20.1 Å². The predicted octanol–water partition coefficient (Wildman–Crippen LogP) is 3.55. The third-order valence-corrected chi connectivity index (χ3v) is 6.90. The Balaban J connectivity index is 0.000000858. The first-order chi connectivity index (χ1) is 18.7. The van der Waals surface area contributed by atoms with Crippen LogP contribution < -0.4 is 14.8 Å². The molecule has 4 rings (SSSR count). The van der Waals surface area contributed by atoms with Gasteiger partial charge in [-0.25, -0.2) is 18.8 Å². The molecule has 1 atom stereocenters. The number of hydrogen-bond donors (Lipinski definition) is 2. The molecule has 39 heavy (non-hydrogen) atoms. The van der Waals surface area contributed by atoms with Gasteiger partial charge < -0.3 is 24.6 Å². The van der Waals surface area contributed by atoms with Gasteiger partial charge in [0.25, 0.3) is 5.91 Å². The van der Waals surface area contributed by atoms with Crippen LogP contribution in [0.1, 0.15) is 35.8 Å². The van der Waals surface area contributed by atoms with Crippen molar-refractivity contribution in [3.63, 3.8) is 0 Å². The lowest BCUT2D eigenvalue weighted by atomic mass is 9.93. The number of amides is 2. The summed E-state index contributed by atoms with van der Waals surface area (Å²) in [6.07, 6.45) is 2.64. The second-order valence-electron chi connectivity index (χ2n) is 9.19. The van der Waals surface area contributed by atoms with Crippen LogP contribution >= 0.6 is 7.91 Å². The molecule has 0 bridgehead atoms. The molecule has 0 aliphatic carbocycles. The third kappa shape index (κ3) is 8.59. The summed E-state index contributed by atoms with van der Waals surface area (Å²) in [5, 5.41) is 9.93. The van der Waals surface area contributed by atoms with Crippen LogP contribution in [0.15, 0.2) is 36.4 Å². The maximum Gasteiger partial charge on any atom is 0.496 e.